The third-order valence-electron chi connectivity index (χ3n) is 5.30. The van der Waals surface area contributed by atoms with Crippen molar-refractivity contribution in [3.8, 4) is 5.92 Å². The van der Waals surface area contributed by atoms with Gasteiger partial charge in [-0.05, 0) is 12.8 Å². The minimum atomic E-state index is 0.858. The van der Waals surface area contributed by atoms with Crippen molar-refractivity contribution in [2.24, 2.45) is 0 Å². The predicted molar refractivity (Wildman–Crippen MR) is 114 cm³/mol. The summed E-state index contributed by atoms with van der Waals surface area (Å²) in [5.74, 6) is 2.48. The zero-order chi connectivity index (χ0) is 18.3. The van der Waals surface area contributed by atoms with E-state index in [9.17, 15) is 0 Å². The second-order valence-corrected chi connectivity index (χ2v) is 7.85. The van der Waals surface area contributed by atoms with Crippen LogP contribution in [0.25, 0.3) is 0 Å². The van der Waals surface area contributed by atoms with Gasteiger partial charge in [0.25, 0.3) is 0 Å². The Labute approximate surface area is 160 Å². The van der Waals surface area contributed by atoms with Crippen molar-refractivity contribution in [2.45, 2.75) is 141 Å². The van der Waals surface area contributed by atoms with Crippen LogP contribution >= 0.6 is 0 Å². The Morgan fingerprint density at radius 1 is 0.400 bits per heavy atom. The smallest absolute Gasteiger partial charge is 0.00989 e. The number of rotatable bonds is 21. The van der Waals surface area contributed by atoms with E-state index in [4.69, 9.17) is 6.42 Å². The molecule has 0 saturated heterocycles. The SMILES string of the molecule is [C]#CCCCCCCCCCCCCCCCCCCCCCC[CH2]. The lowest BCUT2D eigenvalue weighted by atomic mass is 10.0. The van der Waals surface area contributed by atoms with E-state index in [1.807, 2.05) is 0 Å². The zero-order valence-corrected chi connectivity index (χ0v) is 17.3. The molecule has 0 unspecified atom stereocenters. The molecular weight excluding hydrogens is 300 g/mol. The zero-order valence-electron chi connectivity index (χ0n) is 17.3. The molecule has 0 rings (SSSR count). The molecule has 0 heterocycles. The highest BCUT2D eigenvalue weighted by Gasteiger charge is 1.95. The van der Waals surface area contributed by atoms with Crippen LogP contribution < -0.4 is 0 Å². The maximum absolute atomic E-state index is 6.87. The highest BCUT2D eigenvalue weighted by molar-refractivity contribution is 4.74. The summed E-state index contributed by atoms with van der Waals surface area (Å²) in [5, 5.41) is 0. The Balaban J connectivity index is 2.95. The first-order valence-corrected chi connectivity index (χ1v) is 11.6. The molecule has 0 aromatic heterocycles. The first-order valence-electron chi connectivity index (χ1n) is 11.6. The first kappa shape index (κ1) is 24.6. The van der Waals surface area contributed by atoms with E-state index in [0.717, 1.165) is 12.8 Å². The normalized spacial score (nSPS) is 10.9. The van der Waals surface area contributed by atoms with Gasteiger partial charge in [0.05, 0.1) is 0 Å². The van der Waals surface area contributed by atoms with E-state index >= 15 is 0 Å². The van der Waals surface area contributed by atoms with E-state index in [2.05, 4.69) is 12.8 Å². The van der Waals surface area contributed by atoms with Gasteiger partial charge >= 0.3 is 0 Å². The molecule has 2 radical (unpaired) electrons. The summed E-state index contributed by atoms with van der Waals surface area (Å²) >= 11 is 0. The topological polar surface area (TPSA) is 0 Å². The van der Waals surface area contributed by atoms with Crippen LogP contribution in [-0.4, -0.2) is 0 Å². The average molecular weight is 347 g/mol. The molecule has 25 heavy (non-hydrogen) atoms. The van der Waals surface area contributed by atoms with Crippen molar-refractivity contribution in [1.29, 1.82) is 0 Å². The summed E-state index contributed by atoms with van der Waals surface area (Å²) in [6, 6.07) is 0. The molecule has 0 aliphatic carbocycles. The fourth-order valence-electron chi connectivity index (χ4n) is 3.57. The van der Waals surface area contributed by atoms with Crippen molar-refractivity contribution in [1.82, 2.24) is 0 Å². The van der Waals surface area contributed by atoms with Gasteiger partial charge < -0.3 is 0 Å². The molecule has 0 aliphatic heterocycles. The maximum Gasteiger partial charge on any atom is 0.00989 e. The Morgan fingerprint density at radius 3 is 0.880 bits per heavy atom. The minimum Gasteiger partial charge on any atom is -0.0891 e. The van der Waals surface area contributed by atoms with Gasteiger partial charge in [-0.1, -0.05) is 141 Å². The lowest BCUT2D eigenvalue weighted by Gasteiger charge is -2.04. The molecule has 146 valence electrons. The second kappa shape index (κ2) is 23.6. The molecule has 0 bridgehead atoms. The summed E-state index contributed by atoms with van der Waals surface area (Å²) in [6.07, 6.45) is 37.1. The monoisotopic (exact) mass is 346 g/mol. The van der Waals surface area contributed by atoms with Crippen LogP contribution in [0, 0.1) is 19.3 Å². The van der Waals surface area contributed by atoms with Crippen LogP contribution in [0.3, 0.4) is 0 Å². The van der Waals surface area contributed by atoms with Gasteiger partial charge in [-0.25, -0.2) is 0 Å². The summed E-state index contributed by atoms with van der Waals surface area (Å²) in [5.41, 5.74) is 0. The Kier molecular flexibility index (Phi) is 23.1. The third kappa shape index (κ3) is 23.6. The van der Waals surface area contributed by atoms with Gasteiger partial charge in [-0.2, -0.15) is 0 Å². The van der Waals surface area contributed by atoms with Gasteiger partial charge in [0.15, 0.2) is 0 Å². The molecule has 0 aromatic rings. The molecule has 0 aliphatic rings. The lowest BCUT2D eigenvalue weighted by Crippen LogP contribution is -1.84. The van der Waals surface area contributed by atoms with Crippen LogP contribution in [0.4, 0.5) is 0 Å². The van der Waals surface area contributed by atoms with Crippen molar-refractivity contribution in [2.75, 3.05) is 0 Å². The number of hydrogen-bond acceptors (Lipinski definition) is 0. The van der Waals surface area contributed by atoms with E-state index in [-0.39, 0.29) is 0 Å². The number of hydrogen-bond donors (Lipinski definition) is 0. The standard InChI is InChI=1S/C25H46/c1-3-5-7-9-11-13-15-17-19-21-23-25-24-22-20-18-16-14-12-10-8-6-4-2/h1,3,5-25H2. The van der Waals surface area contributed by atoms with Gasteiger partial charge in [-0.3, -0.25) is 0 Å². The molecule has 0 amide bonds. The Bertz CT molecular complexity index is 260. The summed E-state index contributed by atoms with van der Waals surface area (Å²) in [7, 11) is 0. The van der Waals surface area contributed by atoms with Crippen LogP contribution in [0.5, 0.6) is 0 Å². The van der Waals surface area contributed by atoms with Gasteiger partial charge in [0.1, 0.15) is 0 Å². The van der Waals surface area contributed by atoms with Crippen molar-refractivity contribution < 1.29 is 0 Å². The second-order valence-electron chi connectivity index (χ2n) is 7.85. The molecule has 0 nitrogen and oxygen atoms in total. The summed E-state index contributed by atoms with van der Waals surface area (Å²) in [6.45, 7) is 3.90. The summed E-state index contributed by atoms with van der Waals surface area (Å²) in [4.78, 5) is 0. The summed E-state index contributed by atoms with van der Waals surface area (Å²) < 4.78 is 0. The third-order valence-corrected chi connectivity index (χ3v) is 5.30. The van der Waals surface area contributed by atoms with Crippen LogP contribution in [0.15, 0.2) is 0 Å². The highest BCUT2D eigenvalue weighted by Crippen LogP contribution is 2.15. The highest BCUT2D eigenvalue weighted by atomic mass is 14.0. The molecule has 0 saturated carbocycles. The molecule has 0 fully saturated rings. The largest absolute Gasteiger partial charge is 0.0891 e. The fourth-order valence-corrected chi connectivity index (χ4v) is 3.57. The average Bonchev–Trinajstić information content (AvgIpc) is 2.63. The maximum atomic E-state index is 6.87. The van der Waals surface area contributed by atoms with E-state index < -0.39 is 0 Å². The first-order chi connectivity index (χ1) is 12.4. The Hall–Kier alpha value is -0.440. The van der Waals surface area contributed by atoms with Crippen molar-refractivity contribution in [3.63, 3.8) is 0 Å². The van der Waals surface area contributed by atoms with Crippen LogP contribution in [-0.2, 0) is 0 Å². The molecule has 0 spiro atoms. The number of unbranched alkanes of at least 4 members (excludes halogenated alkanes) is 21. The van der Waals surface area contributed by atoms with Crippen LogP contribution in [0.1, 0.15) is 141 Å². The molecule has 0 heteroatoms. The minimum absolute atomic E-state index is 0.858. The van der Waals surface area contributed by atoms with Gasteiger partial charge in [0.2, 0.25) is 0 Å². The van der Waals surface area contributed by atoms with Crippen LogP contribution in [0.2, 0.25) is 0 Å². The Morgan fingerprint density at radius 2 is 0.640 bits per heavy atom. The van der Waals surface area contributed by atoms with E-state index in [1.54, 1.807) is 0 Å². The molecule has 0 aromatic carbocycles. The van der Waals surface area contributed by atoms with Gasteiger partial charge in [-0.15, -0.1) is 0 Å². The molecule has 0 atom stereocenters. The van der Waals surface area contributed by atoms with Gasteiger partial charge in [0, 0.05) is 6.42 Å². The fraction of sp³-hybridized carbons (Fsp3) is 0.880. The molecule has 0 N–H and O–H groups in total. The lowest BCUT2D eigenvalue weighted by molar-refractivity contribution is 0.521. The van der Waals surface area contributed by atoms with E-state index in [1.165, 1.54) is 128 Å². The molecular formula is C25H46. The van der Waals surface area contributed by atoms with E-state index in [0.29, 0.717) is 0 Å². The van der Waals surface area contributed by atoms with Crippen molar-refractivity contribution >= 4 is 0 Å². The van der Waals surface area contributed by atoms with Crippen molar-refractivity contribution in [3.05, 3.63) is 13.3 Å². The quantitative estimate of drug-likeness (QED) is 0.144. The predicted octanol–water partition coefficient (Wildman–Crippen LogP) is 8.99.